The molecule has 0 saturated heterocycles. The summed E-state index contributed by atoms with van der Waals surface area (Å²) in [7, 11) is 0. The first kappa shape index (κ1) is 26.6. The molecule has 0 unspecified atom stereocenters. The predicted molar refractivity (Wildman–Crippen MR) is 8.54 cm³/mol. The van der Waals surface area contributed by atoms with E-state index in [1.165, 1.54) is 0 Å². The summed E-state index contributed by atoms with van der Waals surface area (Å²) >= 11 is 1.95. The molecule has 0 nitrogen and oxygen atoms in total. The van der Waals surface area contributed by atoms with Crippen LogP contribution in [0.5, 0.6) is 0 Å². The molecule has 0 N–H and O–H groups in total. The largest absolute Gasteiger partial charge is 0 e. The van der Waals surface area contributed by atoms with Crippen molar-refractivity contribution >= 4 is 6.11 Å². The third-order valence-corrected chi connectivity index (χ3v) is 0. The van der Waals surface area contributed by atoms with Crippen LogP contribution in [0.3, 0.4) is 0 Å². The fourth-order valence-electron chi connectivity index (χ4n) is 0. The van der Waals surface area contributed by atoms with E-state index in [-0.39, 0.29) is 51.2 Å². The Morgan fingerprint density at radius 3 is 1.20 bits per heavy atom. The minimum Gasteiger partial charge on any atom is 0 e. The van der Waals surface area contributed by atoms with Crippen molar-refractivity contribution in [1.82, 2.24) is 0 Å². The first-order valence-electron chi connectivity index (χ1n) is 0.408. The molecule has 0 saturated carbocycles. The molecule has 0 rings (SSSR count). The van der Waals surface area contributed by atoms with Gasteiger partial charge in [0.1, 0.15) is 0 Å². The second-order valence-electron chi connectivity index (χ2n) is 0. The van der Waals surface area contributed by atoms with Crippen LogP contribution in [-0.2, 0) is 70.8 Å². The van der Waals surface area contributed by atoms with Crippen molar-refractivity contribution in [2.45, 2.75) is 0 Å². The first-order chi connectivity index (χ1) is 1.00. The molecule has 5 heteroatoms. The van der Waals surface area contributed by atoms with Gasteiger partial charge in [-0.25, -0.2) is 0 Å². The average Bonchev–Trinajstić information content (AvgIpc) is 1.00. The monoisotopic (exact) mass is 285 g/mol. The zero-order valence-corrected chi connectivity index (χ0v) is 7.67. The summed E-state index contributed by atoms with van der Waals surface area (Å²) in [5, 5.41) is 0. The smallest absolute Gasteiger partial charge is 0 e. The van der Waals surface area contributed by atoms with Crippen LogP contribution in [0.15, 0.2) is 0 Å². The van der Waals surface area contributed by atoms with E-state index in [1.54, 1.807) is 0 Å². The van der Waals surface area contributed by atoms with E-state index in [2.05, 4.69) is 0 Å². The van der Waals surface area contributed by atoms with Gasteiger partial charge in [0.2, 0.25) is 0 Å². The molecular formula is H2BCuFeMnMo. The van der Waals surface area contributed by atoms with Crippen LogP contribution >= 0.6 is 0 Å². The van der Waals surface area contributed by atoms with Crippen LogP contribution in [0.25, 0.3) is 0 Å². The van der Waals surface area contributed by atoms with Gasteiger partial charge in [-0.2, -0.15) is 0 Å². The van der Waals surface area contributed by atoms with Gasteiger partial charge in [-0.15, -0.1) is 0 Å². The normalized spacial score (nSPS) is 0.800. The van der Waals surface area contributed by atoms with Crippen molar-refractivity contribution in [1.29, 1.82) is 0 Å². The summed E-state index contributed by atoms with van der Waals surface area (Å²) in [5.74, 6) is 0. The second kappa shape index (κ2) is 33.3. The fraction of sp³-hybridized carbons (Fsp3) is 0. The van der Waals surface area contributed by atoms with E-state index in [4.69, 9.17) is 0 Å². The zero-order chi connectivity index (χ0) is 2.00. The average molecular weight is 283 g/mol. The second-order valence-corrected chi connectivity index (χ2v) is 0. The summed E-state index contributed by atoms with van der Waals surface area (Å²) in [6.07, 6.45) is 2.01. The molecule has 0 aromatic carbocycles. The Bertz CT molecular complexity index is 11.6. The van der Waals surface area contributed by atoms with E-state index in [0.29, 0.717) is 0 Å². The van der Waals surface area contributed by atoms with Crippen LogP contribution in [0, 0.1) is 0 Å². The molecule has 0 aliphatic rings. The quantitative estimate of drug-likeness (QED) is 0.504. The van der Waals surface area contributed by atoms with Gasteiger partial charge in [0.25, 0.3) is 0 Å². The maximum absolute atomic E-state index is 2.01. The molecule has 0 bridgehead atoms. The van der Waals surface area contributed by atoms with Crippen LogP contribution in [0.2, 0.25) is 0 Å². The van der Waals surface area contributed by atoms with Crippen molar-refractivity contribution in [2.24, 2.45) is 0 Å². The first-order valence-corrected chi connectivity index (χ1v) is 2.42. The van der Waals surface area contributed by atoms with E-state index >= 15 is 0 Å². The molecule has 0 aliphatic carbocycles. The van der Waals surface area contributed by atoms with Crippen LogP contribution in [0.4, 0.5) is 0 Å². The zero-order valence-electron chi connectivity index (χ0n) is 2.44. The van der Waals surface area contributed by atoms with Gasteiger partial charge >= 0.3 is 25.7 Å². The summed E-state index contributed by atoms with van der Waals surface area (Å²) in [6, 6.07) is 0. The molecule has 0 aliphatic heterocycles. The Labute approximate surface area is 76.1 Å². The predicted octanol–water partition coefficient (Wildman–Crippen LogP) is -0.926. The summed E-state index contributed by atoms with van der Waals surface area (Å²) < 4.78 is 0. The van der Waals surface area contributed by atoms with Crippen molar-refractivity contribution < 1.29 is 70.8 Å². The van der Waals surface area contributed by atoms with E-state index in [0.717, 1.165) is 0 Å². The Balaban J connectivity index is -0.00000000167. The van der Waals surface area contributed by atoms with E-state index < -0.39 is 0 Å². The van der Waals surface area contributed by atoms with Gasteiger partial charge in [-0.05, 0) is 0 Å². The van der Waals surface area contributed by atoms with Crippen LogP contribution in [-0.4, -0.2) is 6.11 Å². The van der Waals surface area contributed by atoms with Gasteiger partial charge in [-0.3, -0.25) is 0 Å². The van der Waals surface area contributed by atoms with Gasteiger partial charge < -0.3 is 0 Å². The molecule has 0 aromatic heterocycles. The molecule has 37 valence electrons. The molecule has 0 atom stereocenters. The van der Waals surface area contributed by atoms with Crippen LogP contribution in [0.1, 0.15) is 0 Å². The van der Waals surface area contributed by atoms with Crippen LogP contribution < -0.4 is 0 Å². The third kappa shape index (κ3) is 22.0. The topological polar surface area (TPSA) is 0 Å². The van der Waals surface area contributed by atoms with Crippen molar-refractivity contribution in [3.8, 4) is 0 Å². The van der Waals surface area contributed by atoms with Crippen molar-refractivity contribution in [2.75, 3.05) is 0 Å². The molecule has 2 radical (unpaired) electrons. The van der Waals surface area contributed by atoms with Gasteiger partial charge in [-0.1, -0.05) is 0 Å². The minimum absolute atomic E-state index is 0. The van der Waals surface area contributed by atoms with E-state index in [1.807, 2.05) is 25.7 Å². The minimum atomic E-state index is 0. The molecule has 0 heterocycles. The number of rotatable bonds is 0. The van der Waals surface area contributed by atoms with Crippen molar-refractivity contribution in [3.63, 3.8) is 0 Å². The Kier molecular flexibility index (Phi) is 177. The van der Waals surface area contributed by atoms with Gasteiger partial charge in [0.05, 0.1) is 0 Å². The summed E-state index contributed by atoms with van der Waals surface area (Å²) in [4.78, 5) is 0. The molecule has 0 amide bonds. The molecule has 0 spiro atoms. The Morgan fingerprint density at radius 1 is 1.20 bits per heavy atom. The summed E-state index contributed by atoms with van der Waals surface area (Å²) in [5.41, 5.74) is 0. The molecule has 5 heavy (non-hydrogen) atoms. The van der Waals surface area contributed by atoms with Gasteiger partial charge in [0.15, 0.2) is 0 Å². The van der Waals surface area contributed by atoms with E-state index in [9.17, 15) is 0 Å². The third-order valence-electron chi connectivity index (χ3n) is 0. The number of hydrogen-bond donors (Lipinski definition) is 0. The molecule has 0 fully saturated rings. The van der Waals surface area contributed by atoms with Gasteiger partial charge in [0, 0.05) is 51.2 Å². The Hall–Kier alpha value is 2.31. The summed E-state index contributed by atoms with van der Waals surface area (Å²) in [6.45, 7) is 0. The number of hydrogen-bond acceptors (Lipinski definition) is 0. The standard InChI is InChI=1S/BH2.Cu.Fe.Mn.Mo/h1H2;;;;/q+1;;;;-1. The molecule has 0 aromatic rings. The SMILES string of the molecule is [BH2][Mo].[Cu].[Fe].[Mn]. The maximum Gasteiger partial charge on any atom is 0 e. The molecular weight excluding hydrogens is 281 g/mol. The van der Waals surface area contributed by atoms with Crippen molar-refractivity contribution in [3.05, 3.63) is 0 Å². The maximum atomic E-state index is 2.01. The Morgan fingerprint density at radius 2 is 1.20 bits per heavy atom. The fourth-order valence-corrected chi connectivity index (χ4v) is 0.